The molecule has 2 aromatic heterocycles. The Hall–Kier alpha value is -4.01. The molecule has 1 N–H and O–H groups in total. The maximum absolute atomic E-state index is 13.4. The maximum atomic E-state index is 13.4. The summed E-state index contributed by atoms with van der Waals surface area (Å²) in [6, 6.07) is 12.9. The molecular weight excluding hydrogens is 401 g/mol. The van der Waals surface area contributed by atoms with Crippen LogP contribution in [0, 0.1) is 5.82 Å². The first-order valence-corrected chi connectivity index (χ1v) is 9.63. The minimum atomic E-state index is -0.358. The Balaban J connectivity index is 1.45. The molecule has 4 aromatic rings. The average molecular weight is 421 g/mol. The zero-order valence-corrected chi connectivity index (χ0v) is 16.8. The molecule has 0 saturated carbocycles. The predicted octanol–water partition coefficient (Wildman–Crippen LogP) is 2.22. The minimum absolute atomic E-state index is 0.210. The van der Waals surface area contributed by atoms with Gasteiger partial charge in [-0.05, 0) is 35.9 Å². The van der Waals surface area contributed by atoms with E-state index in [1.54, 1.807) is 48.2 Å². The van der Waals surface area contributed by atoms with Gasteiger partial charge in [-0.1, -0.05) is 18.2 Å². The fraction of sp³-hybridized carbons (Fsp3) is 0.182. The summed E-state index contributed by atoms with van der Waals surface area (Å²) < 4.78 is 21.5. The van der Waals surface area contributed by atoms with Gasteiger partial charge in [0.15, 0.2) is 5.65 Å². The van der Waals surface area contributed by atoms with Crippen molar-refractivity contribution in [3.8, 4) is 5.75 Å². The Morgan fingerprint density at radius 2 is 2.03 bits per heavy atom. The van der Waals surface area contributed by atoms with Crippen LogP contribution in [0.25, 0.3) is 11.0 Å². The molecule has 0 fully saturated rings. The van der Waals surface area contributed by atoms with Gasteiger partial charge in [-0.2, -0.15) is 5.10 Å². The number of nitrogens with zero attached hydrogens (tertiary/aromatic N) is 4. The lowest BCUT2D eigenvalue weighted by Crippen LogP contribution is -2.27. The lowest BCUT2D eigenvalue weighted by molar-refractivity contribution is 0.0951. The minimum Gasteiger partial charge on any atom is -0.497 e. The molecule has 0 spiro atoms. The van der Waals surface area contributed by atoms with E-state index in [1.165, 1.54) is 29.2 Å². The van der Waals surface area contributed by atoms with Gasteiger partial charge >= 0.3 is 0 Å². The van der Waals surface area contributed by atoms with Crippen LogP contribution in [0.15, 0.2) is 65.8 Å². The van der Waals surface area contributed by atoms with E-state index < -0.39 is 0 Å². The molecule has 0 atom stereocenters. The van der Waals surface area contributed by atoms with E-state index in [0.717, 1.165) is 0 Å². The van der Waals surface area contributed by atoms with Crippen molar-refractivity contribution in [1.29, 1.82) is 0 Å². The van der Waals surface area contributed by atoms with Crippen LogP contribution in [-0.2, 0) is 13.1 Å². The van der Waals surface area contributed by atoms with Gasteiger partial charge in [0, 0.05) is 12.1 Å². The summed E-state index contributed by atoms with van der Waals surface area (Å²) in [6.07, 6.45) is 2.87. The number of carbonyl (C=O) groups excluding carboxylic acids is 1. The number of hydrogen-bond donors (Lipinski definition) is 1. The van der Waals surface area contributed by atoms with Crippen molar-refractivity contribution in [2.45, 2.75) is 13.1 Å². The Bertz CT molecular complexity index is 1300. The van der Waals surface area contributed by atoms with Crippen molar-refractivity contribution in [3.05, 3.63) is 88.4 Å². The first kappa shape index (κ1) is 20.3. The average Bonchev–Trinajstić information content (AvgIpc) is 3.19. The number of amides is 1. The number of hydrogen-bond acceptors (Lipinski definition) is 5. The molecule has 0 aliphatic heterocycles. The third-order valence-corrected chi connectivity index (χ3v) is 4.81. The first-order valence-electron chi connectivity index (χ1n) is 9.63. The fourth-order valence-electron chi connectivity index (χ4n) is 3.25. The monoisotopic (exact) mass is 421 g/mol. The fourth-order valence-corrected chi connectivity index (χ4v) is 3.25. The highest BCUT2D eigenvalue weighted by molar-refractivity contribution is 5.94. The topological polar surface area (TPSA) is 91.0 Å². The molecule has 9 heteroatoms. The van der Waals surface area contributed by atoms with Gasteiger partial charge < -0.3 is 10.1 Å². The Morgan fingerprint density at radius 3 is 2.84 bits per heavy atom. The van der Waals surface area contributed by atoms with Crippen LogP contribution < -0.4 is 15.6 Å². The normalized spacial score (nSPS) is 10.9. The summed E-state index contributed by atoms with van der Waals surface area (Å²) in [4.78, 5) is 29.4. The number of rotatable bonds is 7. The highest BCUT2D eigenvalue weighted by Gasteiger charge is 2.12. The lowest BCUT2D eigenvalue weighted by Gasteiger charge is -2.08. The predicted molar refractivity (Wildman–Crippen MR) is 113 cm³/mol. The molecule has 0 aliphatic rings. The van der Waals surface area contributed by atoms with E-state index in [2.05, 4.69) is 15.4 Å². The number of aromatic nitrogens is 4. The number of halogens is 1. The molecule has 0 saturated heterocycles. The van der Waals surface area contributed by atoms with Gasteiger partial charge in [-0.15, -0.1) is 0 Å². The molecule has 8 nitrogen and oxygen atoms in total. The van der Waals surface area contributed by atoms with Gasteiger partial charge in [0.2, 0.25) is 0 Å². The number of methoxy groups -OCH3 is 1. The third-order valence-electron chi connectivity index (χ3n) is 4.81. The molecule has 0 radical (unpaired) electrons. The Labute approximate surface area is 176 Å². The third kappa shape index (κ3) is 4.45. The van der Waals surface area contributed by atoms with E-state index in [4.69, 9.17) is 4.74 Å². The van der Waals surface area contributed by atoms with Gasteiger partial charge in [0.1, 0.15) is 23.3 Å². The van der Waals surface area contributed by atoms with Crippen LogP contribution in [0.3, 0.4) is 0 Å². The number of benzene rings is 2. The second-order valence-electron chi connectivity index (χ2n) is 6.90. The molecule has 0 aliphatic carbocycles. The molecule has 0 bridgehead atoms. The van der Waals surface area contributed by atoms with Crippen molar-refractivity contribution in [3.63, 3.8) is 0 Å². The van der Waals surface area contributed by atoms with Crippen molar-refractivity contribution < 1.29 is 13.9 Å². The number of ether oxygens (including phenoxy) is 1. The van der Waals surface area contributed by atoms with Crippen LogP contribution in [0.5, 0.6) is 5.75 Å². The van der Waals surface area contributed by atoms with Crippen molar-refractivity contribution >= 4 is 16.9 Å². The molecule has 0 unspecified atom stereocenters. The second-order valence-corrected chi connectivity index (χ2v) is 6.90. The molecule has 158 valence electrons. The van der Waals surface area contributed by atoms with Crippen LogP contribution in [0.1, 0.15) is 15.9 Å². The van der Waals surface area contributed by atoms with Gasteiger partial charge in [-0.25, -0.2) is 14.1 Å². The number of fused-ring (bicyclic) bond motifs is 1. The summed E-state index contributed by atoms with van der Waals surface area (Å²) in [5, 5.41) is 7.40. The van der Waals surface area contributed by atoms with Gasteiger partial charge in [0.25, 0.3) is 11.5 Å². The van der Waals surface area contributed by atoms with Crippen molar-refractivity contribution in [2.24, 2.45) is 0 Å². The lowest BCUT2D eigenvalue weighted by atomic mass is 10.2. The quantitative estimate of drug-likeness (QED) is 0.494. The molecular formula is C22H20FN5O3. The zero-order valence-electron chi connectivity index (χ0n) is 16.8. The standard InChI is InChI=1S/C22H20FN5O3/c1-31-18-7-3-5-16(11-18)21(29)24-8-9-28-20-19(12-26-28)22(30)27(14-25-20)13-15-4-2-6-17(23)10-15/h2-7,10-12,14H,8-9,13H2,1H3,(H,24,29). The molecule has 2 aromatic carbocycles. The second kappa shape index (κ2) is 8.78. The molecule has 4 rings (SSSR count). The summed E-state index contributed by atoms with van der Waals surface area (Å²) >= 11 is 0. The van der Waals surface area contributed by atoms with Crippen molar-refractivity contribution in [1.82, 2.24) is 24.6 Å². The number of carbonyl (C=O) groups is 1. The highest BCUT2D eigenvalue weighted by Crippen LogP contribution is 2.12. The van der Waals surface area contributed by atoms with Crippen LogP contribution in [0.4, 0.5) is 4.39 Å². The molecule has 1 amide bonds. The van der Waals surface area contributed by atoms with E-state index in [9.17, 15) is 14.0 Å². The van der Waals surface area contributed by atoms with Crippen LogP contribution in [-0.4, -0.2) is 38.9 Å². The van der Waals surface area contributed by atoms with E-state index in [0.29, 0.717) is 41.0 Å². The van der Waals surface area contributed by atoms with Crippen LogP contribution >= 0.6 is 0 Å². The Kier molecular flexibility index (Phi) is 5.74. The smallest absolute Gasteiger partial charge is 0.264 e. The largest absolute Gasteiger partial charge is 0.497 e. The SMILES string of the molecule is COc1cccc(C(=O)NCCn2ncc3c(=O)n(Cc4cccc(F)c4)cnc32)c1. The van der Waals surface area contributed by atoms with E-state index in [1.807, 2.05) is 0 Å². The highest BCUT2D eigenvalue weighted by atomic mass is 19.1. The Morgan fingerprint density at radius 1 is 1.19 bits per heavy atom. The van der Waals surface area contributed by atoms with Gasteiger partial charge in [-0.3, -0.25) is 14.2 Å². The van der Waals surface area contributed by atoms with Gasteiger partial charge in [0.05, 0.1) is 26.4 Å². The van der Waals surface area contributed by atoms with E-state index in [-0.39, 0.29) is 23.8 Å². The summed E-state index contributed by atoms with van der Waals surface area (Å²) in [5.41, 5.74) is 1.32. The first-order chi connectivity index (χ1) is 15.0. The molecule has 31 heavy (non-hydrogen) atoms. The summed E-state index contributed by atoms with van der Waals surface area (Å²) in [5.74, 6) is 0.00797. The van der Waals surface area contributed by atoms with Crippen molar-refractivity contribution in [2.75, 3.05) is 13.7 Å². The maximum Gasteiger partial charge on any atom is 0.264 e. The molecule has 2 heterocycles. The number of nitrogens with one attached hydrogen (secondary N) is 1. The van der Waals surface area contributed by atoms with Crippen LogP contribution in [0.2, 0.25) is 0 Å². The summed E-state index contributed by atoms with van der Waals surface area (Å²) in [7, 11) is 1.54. The summed E-state index contributed by atoms with van der Waals surface area (Å²) in [6.45, 7) is 0.863. The zero-order chi connectivity index (χ0) is 21.8. The van der Waals surface area contributed by atoms with E-state index >= 15 is 0 Å².